The van der Waals surface area contributed by atoms with Gasteiger partial charge in [-0.05, 0) is 55.7 Å². The first-order valence-electron chi connectivity index (χ1n) is 14.1. The van der Waals surface area contributed by atoms with Crippen molar-refractivity contribution < 1.29 is 14.7 Å². The Kier molecular flexibility index (Phi) is 11.2. The van der Waals surface area contributed by atoms with Crippen molar-refractivity contribution in [1.82, 2.24) is 24.7 Å². The lowest BCUT2D eigenvalue weighted by molar-refractivity contribution is -0.166. The van der Waals surface area contributed by atoms with Gasteiger partial charge in [0.15, 0.2) is 0 Å². The summed E-state index contributed by atoms with van der Waals surface area (Å²) in [5, 5.41) is 14.1. The second-order valence-electron chi connectivity index (χ2n) is 11.1. The number of hydrogen-bond donors (Lipinski definition) is 2. The lowest BCUT2D eigenvalue weighted by atomic mass is 9.78. The first kappa shape index (κ1) is 31.4. The van der Waals surface area contributed by atoms with Gasteiger partial charge >= 0.3 is 0 Å². The number of nitrogens with one attached hydrogen (secondary N) is 1. The number of aliphatic hydroxyl groups is 1. The van der Waals surface area contributed by atoms with Crippen molar-refractivity contribution in [1.29, 1.82) is 0 Å². The molecule has 1 aromatic heterocycles. The van der Waals surface area contributed by atoms with Gasteiger partial charge < -0.3 is 19.9 Å². The highest BCUT2D eigenvalue weighted by atomic mass is 35.5. The van der Waals surface area contributed by atoms with Gasteiger partial charge in [0.05, 0.1) is 12.4 Å². The lowest BCUT2D eigenvalue weighted by Crippen LogP contribution is -2.75. The van der Waals surface area contributed by atoms with Crippen LogP contribution in [0.1, 0.15) is 70.3 Å². The Morgan fingerprint density at radius 2 is 1.77 bits per heavy atom. The minimum absolute atomic E-state index is 0. The molecule has 2 aliphatic heterocycles. The highest BCUT2D eigenvalue weighted by molar-refractivity contribution is 6.00. The van der Waals surface area contributed by atoms with E-state index in [1.54, 1.807) is 12.5 Å². The molecule has 10 heteroatoms. The quantitative estimate of drug-likeness (QED) is 0.491. The second-order valence-corrected chi connectivity index (χ2v) is 11.1. The molecule has 2 aromatic rings. The third-order valence-corrected chi connectivity index (χ3v) is 8.80. The average Bonchev–Trinajstić information content (AvgIpc) is 3.48. The van der Waals surface area contributed by atoms with Crippen LogP contribution in [-0.4, -0.2) is 73.6 Å². The molecule has 3 heterocycles. The van der Waals surface area contributed by atoms with E-state index >= 15 is 0 Å². The molecule has 1 aromatic carbocycles. The molecular formula is C29H43Cl2N5O3. The van der Waals surface area contributed by atoms with Crippen molar-refractivity contribution in [2.45, 2.75) is 88.9 Å². The molecule has 2 N–H and O–H groups in total. The number of carbonyl (C=O) groups is 2. The SMILES string of the molecule is CCCCN1C(=O)[C@@H]([C@H](O)C2CCCCC2)NC(=O)C12CCN(Cc1ccc(-n3ccnc3)cc1)CC2.Cl.Cl. The van der Waals surface area contributed by atoms with Crippen molar-refractivity contribution in [2.75, 3.05) is 19.6 Å². The predicted octanol–water partition coefficient (Wildman–Crippen LogP) is 4.12. The van der Waals surface area contributed by atoms with Gasteiger partial charge in [0.1, 0.15) is 11.6 Å². The van der Waals surface area contributed by atoms with Gasteiger partial charge in [-0.2, -0.15) is 0 Å². The summed E-state index contributed by atoms with van der Waals surface area (Å²) in [5.41, 5.74) is 1.49. The molecule has 2 atom stereocenters. The van der Waals surface area contributed by atoms with Crippen molar-refractivity contribution in [3.05, 3.63) is 48.5 Å². The molecule has 3 aliphatic rings. The van der Waals surface area contributed by atoms with E-state index in [1.807, 2.05) is 15.7 Å². The minimum Gasteiger partial charge on any atom is -0.390 e. The summed E-state index contributed by atoms with van der Waals surface area (Å²) < 4.78 is 1.98. The Balaban J connectivity index is 0.00000210. The maximum absolute atomic E-state index is 13.8. The monoisotopic (exact) mass is 579 g/mol. The average molecular weight is 581 g/mol. The molecule has 1 aliphatic carbocycles. The number of aromatic nitrogens is 2. The fourth-order valence-corrected chi connectivity index (χ4v) is 6.48. The number of hydrogen-bond acceptors (Lipinski definition) is 5. The van der Waals surface area contributed by atoms with Gasteiger partial charge in [-0.15, -0.1) is 24.8 Å². The van der Waals surface area contributed by atoms with Crippen LogP contribution in [0.4, 0.5) is 0 Å². The number of nitrogens with zero attached hydrogens (tertiary/aromatic N) is 4. The van der Waals surface area contributed by atoms with Crippen LogP contribution in [-0.2, 0) is 16.1 Å². The molecule has 1 saturated carbocycles. The molecule has 0 radical (unpaired) electrons. The van der Waals surface area contributed by atoms with Crippen LogP contribution in [0.3, 0.4) is 0 Å². The summed E-state index contributed by atoms with van der Waals surface area (Å²) in [6, 6.07) is 7.66. The zero-order valence-electron chi connectivity index (χ0n) is 22.8. The van der Waals surface area contributed by atoms with Crippen LogP contribution < -0.4 is 5.32 Å². The number of aliphatic hydroxyl groups excluding tert-OH is 1. The van der Waals surface area contributed by atoms with Crippen molar-refractivity contribution in [3.63, 3.8) is 0 Å². The molecule has 216 valence electrons. The first-order chi connectivity index (χ1) is 18.0. The number of likely N-dealkylation sites (tertiary alicyclic amines) is 1. The first-order valence-corrected chi connectivity index (χ1v) is 14.1. The molecule has 0 unspecified atom stereocenters. The molecule has 5 rings (SSSR count). The standard InChI is InChI=1S/C29H41N5O3.2ClH/c1-2-3-16-34-27(36)25(26(35)23-7-5-4-6-8-23)31-28(37)29(34)13-17-32(18-14-29)20-22-9-11-24(12-10-22)33-19-15-30-21-33;;/h9-12,15,19,21,23,25-26,35H,2-8,13-14,16-18,20H2,1H3,(H,31,37);2*1H/t25-,26-;;/m1../s1. The number of imidazole rings is 1. The molecule has 1 spiro atoms. The zero-order chi connectivity index (χ0) is 25.8. The lowest BCUT2D eigenvalue weighted by Gasteiger charge is -2.52. The molecule has 2 amide bonds. The third kappa shape index (κ3) is 6.62. The van der Waals surface area contributed by atoms with E-state index in [0.717, 1.165) is 63.8 Å². The number of piperazine rings is 1. The fraction of sp³-hybridized carbons (Fsp3) is 0.621. The number of rotatable bonds is 8. The molecule has 3 fully saturated rings. The Labute approximate surface area is 244 Å². The number of unbranched alkanes of at least 4 members (excludes halogenated alkanes) is 1. The van der Waals surface area contributed by atoms with E-state index in [0.29, 0.717) is 19.4 Å². The topological polar surface area (TPSA) is 90.7 Å². The van der Waals surface area contributed by atoms with E-state index in [2.05, 4.69) is 46.4 Å². The van der Waals surface area contributed by atoms with Gasteiger partial charge in [-0.1, -0.05) is 44.7 Å². The summed E-state index contributed by atoms with van der Waals surface area (Å²) in [7, 11) is 0. The summed E-state index contributed by atoms with van der Waals surface area (Å²) in [5.74, 6) is -0.0749. The van der Waals surface area contributed by atoms with Crippen LogP contribution in [0.2, 0.25) is 0 Å². The van der Waals surface area contributed by atoms with E-state index in [9.17, 15) is 14.7 Å². The van der Waals surface area contributed by atoms with E-state index in [1.165, 1.54) is 12.0 Å². The van der Waals surface area contributed by atoms with Gasteiger partial charge in [0.2, 0.25) is 11.8 Å². The van der Waals surface area contributed by atoms with Gasteiger partial charge in [0, 0.05) is 44.3 Å². The van der Waals surface area contributed by atoms with E-state index in [4.69, 9.17) is 0 Å². The number of amides is 2. The number of carbonyl (C=O) groups excluding carboxylic acids is 2. The smallest absolute Gasteiger partial charge is 0.248 e. The molecule has 8 nitrogen and oxygen atoms in total. The Hall–Kier alpha value is -2.13. The van der Waals surface area contributed by atoms with Crippen LogP contribution in [0.25, 0.3) is 5.69 Å². The fourth-order valence-electron chi connectivity index (χ4n) is 6.48. The highest BCUT2D eigenvalue weighted by Crippen LogP contribution is 2.36. The van der Waals surface area contributed by atoms with E-state index < -0.39 is 17.7 Å². The third-order valence-electron chi connectivity index (χ3n) is 8.80. The predicted molar refractivity (Wildman–Crippen MR) is 156 cm³/mol. The highest BCUT2D eigenvalue weighted by Gasteiger charge is 2.55. The number of benzene rings is 1. The summed E-state index contributed by atoms with van der Waals surface area (Å²) in [4.78, 5) is 35.8. The Morgan fingerprint density at radius 1 is 1.08 bits per heavy atom. The minimum atomic E-state index is -0.815. The summed E-state index contributed by atoms with van der Waals surface area (Å²) in [6.07, 6.45) is 13.0. The molecule has 2 saturated heterocycles. The summed E-state index contributed by atoms with van der Waals surface area (Å²) >= 11 is 0. The maximum Gasteiger partial charge on any atom is 0.248 e. The largest absolute Gasteiger partial charge is 0.390 e. The zero-order valence-corrected chi connectivity index (χ0v) is 24.5. The van der Waals surface area contributed by atoms with Crippen molar-refractivity contribution in [2.24, 2.45) is 5.92 Å². The molecule has 39 heavy (non-hydrogen) atoms. The van der Waals surface area contributed by atoms with Crippen LogP contribution >= 0.6 is 24.8 Å². The maximum atomic E-state index is 13.8. The summed E-state index contributed by atoms with van der Waals surface area (Å²) in [6.45, 7) is 5.00. The Morgan fingerprint density at radius 3 is 2.38 bits per heavy atom. The number of halogens is 2. The van der Waals surface area contributed by atoms with Crippen molar-refractivity contribution in [3.8, 4) is 5.69 Å². The Bertz CT molecular complexity index is 1050. The van der Waals surface area contributed by atoms with Crippen LogP contribution in [0.5, 0.6) is 0 Å². The van der Waals surface area contributed by atoms with Crippen LogP contribution in [0.15, 0.2) is 43.0 Å². The van der Waals surface area contributed by atoms with Crippen LogP contribution in [0, 0.1) is 5.92 Å². The normalized spacial score (nSPS) is 22.6. The second kappa shape index (κ2) is 14.0. The van der Waals surface area contributed by atoms with Gasteiger partial charge in [-0.25, -0.2) is 4.98 Å². The molecule has 0 bridgehead atoms. The van der Waals surface area contributed by atoms with E-state index in [-0.39, 0.29) is 42.5 Å². The molecular weight excluding hydrogens is 537 g/mol. The number of piperidine rings is 1. The van der Waals surface area contributed by atoms with Gasteiger partial charge in [0.25, 0.3) is 0 Å². The van der Waals surface area contributed by atoms with Gasteiger partial charge in [-0.3, -0.25) is 14.5 Å². The van der Waals surface area contributed by atoms with Crippen molar-refractivity contribution >= 4 is 36.6 Å².